The van der Waals surface area contributed by atoms with E-state index in [-0.39, 0.29) is 18.7 Å². The molecule has 1 aromatic heterocycles. The van der Waals surface area contributed by atoms with Gasteiger partial charge in [0, 0.05) is 12.6 Å². The van der Waals surface area contributed by atoms with Crippen LogP contribution in [0.3, 0.4) is 0 Å². The van der Waals surface area contributed by atoms with Crippen molar-refractivity contribution in [1.29, 1.82) is 0 Å². The van der Waals surface area contributed by atoms with E-state index < -0.39 is 0 Å². The third-order valence-electron chi connectivity index (χ3n) is 2.91. The third-order valence-corrected chi connectivity index (χ3v) is 2.91. The number of unbranched alkanes of at least 4 members (excludes halogenated alkanes) is 1. The molecular formula is C13H24N2O2. The molecule has 0 saturated carbocycles. The summed E-state index contributed by atoms with van der Waals surface area (Å²) in [5.41, 5.74) is 6.05. The van der Waals surface area contributed by atoms with Gasteiger partial charge in [-0.1, -0.05) is 13.3 Å². The predicted molar refractivity (Wildman–Crippen MR) is 68.7 cm³/mol. The van der Waals surface area contributed by atoms with Crippen molar-refractivity contribution in [2.24, 2.45) is 5.73 Å². The lowest BCUT2D eigenvalue weighted by atomic mass is 10.1. The Balaban J connectivity index is 2.77. The van der Waals surface area contributed by atoms with Gasteiger partial charge in [-0.25, -0.2) is 0 Å². The van der Waals surface area contributed by atoms with Crippen LogP contribution in [0.15, 0.2) is 22.8 Å². The van der Waals surface area contributed by atoms with Crippen molar-refractivity contribution in [3.63, 3.8) is 0 Å². The molecule has 4 nitrogen and oxygen atoms in total. The summed E-state index contributed by atoms with van der Waals surface area (Å²) < 4.78 is 5.46. The van der Waals surface area contributed by atoms with Gasteiger partial charge in [0.2, 0.25) is 0 Å². The Kier molecular flexibility index (Phi) is 6.26. The van der Waals surface area contributed by atoms with Crippen molar-refractivity contribution in [3.8, 4) is 0 Å². The van der Waals surface area contributed by atoms with Gasteiger partial charge in [0.15, 0.2) is 0 Å². The number of aliphatic hydroxyl groups excluding tert-OH is 1. The molecule has 0 aromatic carbocycles. The summed E-state index contributed by atoms with van der Waals surface area (Å²) in [6.45, 7) is 5.85. The van der Waals surface area contributed by atoms with Crippen LogP contribution in [0.4, 0.5) is 0 Å². The average molecular weight is 240 g/mol. The minimum Gasteiger partial charge on any atom is -0.468 e. The molecule has 2 atom stereocenters. The molecule has 1 rings (SSSR count). The van der Waals surface area contributed by atoms with E-state index in [0.717, 1.165) is 25.1 Å². The SMILES string of the molecule is CCCCN(CCO)C(c1ccco1)C(C)N. The van der Waals surface area contributed by atoms with Crippen molar-refractivity contribution >= 4 is 0 Å². The summed E-state index contributed by atoms with van der Waals surface area (Å²) >= 11 is 0. The smallest absolute Gasteiger partial charge is 0.122 e. The van der Waals surface area contributed by atoms with E-state index in [1.807, 2.05) is 19.1 Å². The van der Waals surface area contributed by atoms with Crippen LogP contribution in [0.25, 0.3) is 0 Å². The fraction of sp³-hybridized carbons (Fsp3) is 0.692. The van der Waals surface area contributed by atoms with E-state index in [0.29, 0.717) is 6.54 Å². The maximum atomic E-state index is 9.15. The van der Waals surface area contributed by atoms with Gasteiger partial charge < -0.3 is 15.3 Å². The number of rotatable bonds is 8. The van der Waals surface area contributed by atoms with E-state index in [1.165, 1.54) is 0 Å². The van der Waals surface area contributed by atoms with Crippen molar-refractivity contribution in [2.45, 2.75) is 38.8 Å². The number of furan rings is 1. The summed E-state index contributed by atoms with van der Waals surface area (Å²) in [6.07, 6.45) is 3.90. The standard InChI is InChI=1S/C13H24N2O2/c1-3-4-7-15(8-9-16)13(11(2)14)12-6-5-10-17-12/h5-6,10-11,13,16H,3-4,7-9,14H2,1-2H3. The van der Waals surface area contributed by atoms with Crippen LogP contribution >= 0.6 is 0 Å². The predicted octanol–water partition coefficient (Wildman–Crippen LogP) is 1.76. The molecule has 0 fully saturated rings. The molecule has 0 saturated heterocycles. The van der Waals surface area contributed by atoms with Gasteiger partial charge in [0.25, 0.3) is 0 Å². The van der Waals surface area contributed by atoms with E-state index in [1.54, 1.807) is 6.26 Å². The highest BCUT2D eigenvalue weighted by atomic mass is 16.3. The zero-order valence-electron chi connectivity index (χ0n) is 10.8. The highest BCUT2D eigenvalue weighted by Crippen LogP contribution is 2.24. The van der Waals surface area contributed by atoms with Gasteiger partial charge in [-0.2, -0.15) is 0 Å². The minimum atomic E-state index is -0.0236. The van der Waals surface area contributed by atoms with Crippen LogP contribution in [0.5, 0.6) is 0 Å². The molecule has 0 aliphatic heterocycles. The van der Waals surface area contributed by atoms with Crippen LogP contribution in [-0.4, -0.2) is 35.7 Å². The molecule has 1 heterocycles. The Hall–Kier alpha value is -0.840. The lowest BCUT2D eigenvalue weighted by Crippen LogP contribution is -2.41. The fourth-order valence-corrected chi connectivity index (χ4v) is 2.11. The van der Waals surface area contributed by atoms with Gasteiger partial charge in [-0.15, -0.1) is 0 Å². The molecule has 0 spiro atoms. The Morgan fingerprint density at radius 2 is 2.24 bits per heavy atom. The lowest BCUT2D eigenvalue weighted by molar-refractivity contribution is 0.121. The molecule has 3 N–H and O–H groups in total. The average Bonchev–Trinajstić information content (AvgIpc) is 2.79. The summed E-state index contributed by atoms with van der Waals surface area (Å²) in [5, 5.41) is 9.15. The summed E-state index contributed by atoms with van der Waals surface area (Å²) in [7, 11) is 0. The highest BCUT2D eigenvalue weighted by Gasteiger charge is 2.25. The Bertz CT molecular complexity index is 286. The second-order valence-electron chi connectivity index (χ2n) is 4.43. The molecule has 0 amide bonds. The number of nitrogens with two attached hydrogens (primary N) is 1. The number of nitrogens with zero attached hydrogens (tertiary/aromatic N) is 1. The van der Waals surface area contributed by atoms with Crippen LogP contribution in [0.2, 0.25) is 0 Å². The van der Waals surface area contributed by atoms with Crippen molar-refractivity contribution in [1.82, 2.24) is 4.90 Å². The fourth-order valence-electron chi connectivity index (χ4n) is 2.11. The van der Waals surface area contributed by atoms with Crippen LogP contribution in [0, 0.1) is 0 Å². The van der Waals surface area contributed by atoms with E-state index >= 15 is 0 Å². The topological polar surface area (TPSA) is 62.6 Å². The normalized spacial score (nSPS) is 15.1. The molecule has 0 radical (unpaired) electrons. The van der Waals surface area contributed by atoms with Crippen LogP contribution in [0.1, 0.15) is 38.5 Å². The van der Waals surface area contributed by atoms with E-state index in [4.69, 9.17) is 15.3 Å². The van der Waals surface area contributed by atoms with Crippen molar-refractivity contribution in [2.75, 3.05) is 19.7 Å². The quantitative estimate of drug-likeness (QED) is 0.727. The Labute approximate surface area is 103 Å². The monoisotopic (exact) mass is 240 g/mol. The van der Waals surface area contributed by atoms with Crippen molar-refractivity contribution < 1.29 is 9.52 Å². The molecule has 1 aromatic rings. The molecule has 2 unspecified atom stereocenters. The van der Waals surface area contributed by atoms with Gasteiger partial charge in [-0.3, -0.25) is 4.90 Å². The molecular weight excluding hydrogens is 216 g/mol. The first kappa shape index (κ1) is 14.2. The molecule has 98 valence electrons. The van der Waals surface area contributed by atoms with Crippen molar-refractivity contribution in [3.05, 3.63) is 24.2 Å². The Morgan fingerprint density at radius 3 is 2.71 bits per heavy atom. The molecule has 0 aliphatic rings. The number of aliphatic hydroxyl groups is 1. The maximum Gasteiger partial charge on any atom is 0.122 e. The summed E-state index contributed by atoms with van der Waals surface area (Å²) in [4.78, 5) is 2.20. The lowest BCUT2D eigenvalue weighted by Gasteiger charge is -2.32. The van der Waals surface area contributed by atoms with Crippen LogP contribution in [-0.2, 0) is 0 Å². The number of hydrogen-bond acceptors (Lipinski definition) is 4. The first-order valence-corrected chi connectivity index (χ1v) is 6.34. The maximum absolute atomic E-state index is 9.15. The summed E-state index contributed by atoms with van der Waals surface area (Å²) in [5.74, 6) is 0.879. The summed E-state index contributed by atoms with van der Waals surface area (Å²) in [6, 6.07) is 3.85. The molecule has 4 heteroatoms. The Morgan fingerprint density at radius 1 is 1.47 bits per heavy atom. The zero-order chi connectivity index (χ0) is 12.7. The largest absolute Gasteiger partial charge is 0.468 e. The first-order chi connectivity index (χ1) is 8.20. The second kappa shape index (κ2) is 7.48. The molecule has 0 aliphatic carbocycles. The minimum absolute atomic E-state index is 0.0236. The van der Waals surface area contributed by atoms with Gasteiger partial charge in [0.1, 0.15) is 5.76 Å². The van der Waals surface area contributed by atoms with Gasteiger partial charge >= 0.3 is 0 Å². The van der Waals surface area contributed by atoms with Gasteiger partial charge in [-0.05, 0) is 32.0 Å². The van der Waals surface area contributed by atoms with E-state index in [2.05, 4.69) is 11.8 Å². The second-order valence-corrected chi connectivity index (χ2v) is 4.43. The number of hydrogen-bond donors (Lipinski definition) is 2. The van der Waals surface area contributed by atoms with E-state index in [9.17, 15) is 0 Å². The highest BCUT2D eigenvalue weighted by molar-refractivity contribution is 5.07. The third kappa shape index (κ3) is 4.15. The zero-order valence-corrected chi connectivity index (χ0v) is 10.8. The molecule has 17 heavy (non-hydrogen) atoms. The van der Waals surface area contributed by atoms with Gasteiger partial charge in [0.05, 0.1) is 18.9 Å². The molecule has 0 bridgehead atoms. The first-order valence-electron chi connectivity index (χ1n) is 6.34. The van der Waals surface area contributed by atoms with Crippen LogP contribution < -0.4 is 5.73 Å².